The first-order valence-corrected chi connectivity index (χ1v) is 54.5. The molecule has 4 saturated carbocycles. The van der Waals surface area contributed by atoms with E-state index in [4.69, 9.17) is 61.9 Å². The normalized spacial score (nSPS) is 16.9. The van der Waals surface area contributed by atoms with Crippen molar-refractivity contribution >= 4 is 55.0 Å². The Balaban J connectivity index is 0.000000167. The van der Waals surface area contributed by atoms with E-state index in [1.165, 1.54) is 212 Å². The van der Waals surface area contributed by atoms with Crippen molar-refractivity contribution in [3.05, 3.63) is 246 Å². The Morgan fingerprint density at radius 3 is 1.12 bits per heavy atom. The van der Waals surface area contributed by atoms with Crippen LogP contribution in [0.15, 0.2) is 218 Å². The maximum atomic E-state index is 12.2. The molecule has 0 amide bonds. The zero-order chi connectivity index (χ0) is 102. The zero-order valence-corrected chi connectivity index (χ0v) is 90.0. The molecule has 0 spiro atoms. The second-order valence-corrected chi connectivity index (χ2v) is 43.1. The summed E-state index contributed by atoms with van der Waals surface area (Å²) in [6.45, 7) is 42.3. The van der Waals surface area contributed by atoms with E-state index in [1.54, 1.807) is 36.4 Å². The van der Waals surface area contributed by atoms with Gasteiger partial charge in [0.2, 0.25) is 12.6 Å². The molecule has 16 nitrogen and oxygen atoms in total. The van der Waals surface area contributed by atoms with Crippen LogP contribution >= 0.6 is 0 Å². The molecule has 776 valence electrons. The van der Waals surface area contributed by atoms with Crippen LogP contribution < -0.4 is 33.2 Å². The van der Waals surface area contributed by atoms with E-state index in [9.17, 15) is 14.7 Å². The molecule has 16 heteroatoms. The van der Waals surface area contributed by atoms with Crippen molar-refractivity contribution in [3.8, 4) is 51.7 Å². The fraction of sp³-hybridized carbons (Fsp3) is 0.528. The van der Waals surface area contributed by atoms with Gasteiger partial charge in [-0.25, -0.2) is 0 Å². The Hall–Kier alpha value is -10.2. The lowest BCUT2D eigenvalue weighted by Gasteiger charge is -2.31. The third kappa shape index (κ3) is 37.1. The Morgan fingerprint density at radius 2 is 0.685 bits per heavy atom. The topological polar surface area (TPSA) is 185 Å². The lowest BCUT2D eigenvalue weighted by Crippen LogP contribution is -2.34. The summed E-state index contributed by atoms with van der Waals surface area (Å²) in [5, 5.41) is 28.2. The lowest BCUT2D eigenvalue weighted by molar-refractivity contribution is -0.155. The van der Waals surface area contributed by atoms with Gasteiger partial charge in [0.05, 0.1) is 35.7 Å². The molecule has 16 rings (SSSR count). The highest BCUT2D eigenvalue weighted by Gasteiger charge is 2.34. The number of aromatic hydroxyl groups is 2. The number of carbonyl (C=O) groups is 2. The number of fused-ring (bicyclic) bond motifs is 4. The quantitative estimate of drug-likeness (QED) is 0.0163. The van der Waals surface area contributed by atoms with Gasteiger partial charge in [0.1, 0.15) is 58.4 Å². The first-order valence-electron chi connectivity index (χ1n) is 54.5. The number of hydrogen-bond acceptors (Lipinski definition) is 16. The molecule has 8 atom stereocenters. The van der Waals surface area contributed by atoms with Crippen LogP contribution in [0.1, 0.15) is 369 Å². The van der Waals surface area contributed by atoms with Gasteiger partial charge in [-0.05, 0) is 359 Å². The van der Waals surface area contributed by atoms with Crippen LogP contribution in [0.4, 0.5) is 0 Å². The molecule has 4 aliphatic carbocycles. The van der Waals surface area contributed by atoms with Gasteiger partial charge in [-0.3, -0.25) is 9.59 Å². The highest BCUT2D eigenvalue weighted by Crippen LogP contribution is 2.40. The molecule has 11 aromatic carbocycles. The zero-order valence-electron chi connectivity index (χ0n) is 90.0. The summed E-state index contributed by atoms with van der Waals surface area (Å²) in [5.74, 6) is 8.94. The van der Waals surface area contributed by atoms with E-state index >= 15 is 0 Å². The van der Waals surface area contributed by atoms with Gasteiger partial charge in [0.25, 0.3) is 0 Å². The summed E-state index contributed by atoms with van der Waals surface area (Å²) >= 11 is 0. The molecule has 5 fully saturated rings. The van der Waals surface area contributed by atoms with Crippen molar-refractivity contribution in [1.29, 1.82) is 0 Å². The maximum absolute atomic E-state index is 12.2. The van der Waals surface area contributed by atoms with Crippen LogP contribution in [0.5, 0.6) is 51.7 Å². The molecule has 8 unspecified atom stereocenters. The fourth-order valence-corrected chi connectivity index (χ4v) is 18.6. The number of ether oxygens (including phenoxy) is 12. The smallest absolute Gasteiger partial charge is 0.316 e. The van der Waals surface area contributed by atoms with Gasteiger partial charge >= 0.3 is 11.9 Å². The number of esters is 2. The van der Waals surface area contributed by atoms with Crippen molar-refractivity contribution in [2.45, 2.75) is 384 Å². The monoisotopic (exact) mass is 1950 g/mol. The summed E-state index contributed by atoms with van der Waals surface area (Å²) in [6.07, 6.45) is 33.1. The van der Waals surface area contributed by atoms with Crippen molar-refractivity contribution < 1.29 is 76.6 Å². The predicted molar refractivity (Wildman–Crippen MR) is 586 cm³/mol. The molecule has 1 heterocycles. The highest BCUT2D eigenvalue weighted by atomic mass is 16.7. The van der Waals surface area contributed by atoms with Crippen LogP contribution in [0.2, 0.25) is 0 Å². The lowest BCUT2D eigenvalue weighted by atomic mass is 9.84. The van der Waals surface area contributed by atoms with Gasteiger partial charge in [-0.1, -0.05) is 270 Å². The second kappa shape index (κ2) is 57.1. The summed E-state index contributed by atoms with van der Waals surface area (Å²) in [7, 11) is 0. The number of phenols is 2. The van der Waals surface area contributed by atoms with E-state index < -0.39 is 10.8 Å². The van der Waals surface area contributed by atoms with Crippen LogP contribution in [0, 0.1) is 22.2 Å². The first-order chi connectivity index (χ1) is 68.7. The molecule has 5 aliphatic rings. The van der Waals surface area contributed by atoms with Gasteiger partial charge < -0.3 is 67.1 Å². The molecule has 0 aromatic heterocycles. The number of carbonyl (C=O) groups excluding carboxylic acids is 2. The van der Waals surface area contributed by atoms with E-state index in [0.29, 0.717) is 78.0 Å². The van der Waals surface area contributed by atoms with E-state index in [0.717, 1.165) is 92.5 Å². The number of phenolic OH excluding ortho intramolecular Hbond substituents is 2. The maximum Gasteiger partial charge on any atom is 0.316 e. The Bertz CT molecular complexity index is 5590. The minimum atomic E-state index is -0.496. The van der Waals surface area contributed by atoms with E-state index in [1.807, 2.05) is 79.7 Å². The van der Waals surface area contributed by atoms with Crippen LogP contribution in [-0.4, -0.2) is 92.1 Å². The average Bonchev–Trinajstić information content (AvgIpc) is 1.41. The Kier molecular flexibility index (Phi) is 45.1. The highest BCUT2D eigenvalue weighted by molar-refractivity contribution is 5.87. The van der Waals surface area contributed by atoms with Gasteiger partial charge in [-0.15, -0.1) is 0 Å². The predicted octanol–water partition coefficient (Wildman–Crippen LogP) is 34.4. The molecular weight excluding hydrogens is 1780 g/mol. The molecule has 1 aliphatic heterocycles. The van der Waals surface area contributed by atoms with Gasteiger partial charge in [0.15, 0.2) is 12.6 Å². The minimum absolute atomic E-state index is 0.0804. The molecule has 0 radical (unpaired) electrons. The minimum Gasteiger partial charge on any atom is -0.508 e. The largest absolute Gasteiger partial charge is 0.508 e. The molecular formula is C127H172O16. The standard InChI is InChI=1S/C30H38O3.C26H36O2.C23H36O5.C22H30O2.C14H16O.C12H16O3/c1-4-22(2)26-10-11-28-21-30(17-14-27(28)20-26)33-23(3)31-18-19-32-29-15-12-25(13-16-29)24-8-6-5-7-9-24;1-3-19(2)21-13-14-23-18-25(16-15-22(23)17-21)28-26(20-9-7-8-10-20)27-24-11-5-4-6-12-24;1-7-23(5,6)21(24)28-18-10-8-17(9-11-18)26-20(16-22(2,3)4)27-19-12-14-25-15-13-19;1-4-16(2)18-10-11-20-15-22(13-12-19(20)14-18)24-17(3)23-21-8-6-5-7-9-21;1-3-10(2)11-4-5-13-9-14(15)7-6-12(13)8-11;1-4-12(2,3)11(14)15-10-7-5-9(13)6-8-10/h10-17,20-24H,4-9,18-19H2,1-3H3;13-20,24,26H,3-12H2,1-2H3;8-11,19-20H,7,12-16H2,1-6H3;10-17,21H,4-9H2,1-3H3;4-10,15H,3H2,1-2H3;5-8,13H,4H2,1-3H3. The van der Waals surface area contributed by atoms with Gasteiger partial charge in [0, 0.05) is 25.6 Å². The van der Waals surface area contributed by atoms with E-state index in [2.05, 4.69) is 222 Å². The van der Waals surface area contributed by atoms with Crippen molar-refractivity contribution in [2.75, 3.05) is 26.4 Å². The second-order valence-electron chi connectivity index (χ2n) is 43.1. The van der Waals surface area contributed by atoms with Crippen molar-refractivity contribution in [2.24, 2.45) is 22.2 Å². The SMILES string of the molecule is CCC(C)(C)C(=O)Oc1ccc(O)cc1.CCC(C)(C)C(=O)Oc1ccc(OC(CC(C)(C)C)OC2CCOCC2)cc1.CCC(C)c1ccc2cc(O)ccc2c1.CCC(C)c1ccc2cc(OC(C)OC3CCCCC3)ccc2c1.CCC(C)c1ccc2cc(OC(C)OCCOc3ccc(C4CCCCC4)cc3)ccc2c1.CCC(C)c1ccc2cc(OC(OC3CCCCC3)C3CCCC3)ccc2c1. The molecule has 1 saturated heterocycles. The molecule has 2 N–H and O–H groups in total. The third-order valence-electron chi connectivity index (χ3n) is 29.7. The average molecular weight is 1950 g/mol. The molecule has 11 aromatic rings. The van der Waals surface area contributed by atoms with Crippen molar-refractivity contribution in [1.82, 2.24) is 0 Å². The van der Waals surface area contributed by atoms with E-state index in [-0.39, 0.29) is 54.4 Å². The number of hydrogen-bond donors (Lipinski definition) is 2. The van der Waals surface area contributed by atoms with Gasteiger partial charge in [-0.2, -0.15) is 0 Å². The summed E-state index contributed by atoms with van der Waals surface area (Å²) in [4.78, 5) is 23.9. The molecule has 0 bridgehead atoms. The summed E-state index contributed by atoms with van der Waals surface area (Å²) in [6, 6.07) is 73.3. The fourth-order valence-electron chi connectivity index (χ4n) is 18.6. The van der Waals surface area contributed by atoms with Crippen LogP contribution in [0.3, 0.4) is 0 Å². The number of rotatable bonds is 36. The Morgan fingerprint density at radius 1 is 0.336 bits per heavy atom. The third-order valence-corrected chi connectivity index (χ3v) is 29.7. The van der Waals surface area contributed by atoms with Crippen LogP contribution in [-0.2, 0) is 33.3 Å². The first kappa shape index (κ1) is 113. The summed E-state index contributed by atoms with van der Waals surface area (Å²) < 4.78 is 71.2. The van der Waals surface area contributed by atoms with Crippen LogP contribution in [0.25, 0.3) is 43.1 Å². The summed E-state index contributed by atoms with van der Waals surface area (Å²) in [5.41, 5.74) is 6.15. The Labute approximate surface area is 857 Å². The number of benzene rings is 11. The molecule has 143 heavy (non-hydrogen) atoms. The van der Waals surface area contributed by atoms with Crippen molar-refractivity contribution in [3.63, 3.8) is 0 Å².